The summed E-state index contributed by atoms with van der Waals surface area (Å²) in [6, 6.07) is 6.25. The van der Waals surface area contributed by atoms with Gasteiger partial charge in [0.1, 0.15) is 5.69 Å². The maximum absolute atomic E-state index is 12.0. The Bertz CT molecular complexity index is 875. The van der Waals surface area contributed by atoms with Gasteiger partial charge in [0.05, 0.1) is 12.0 Å². The molecule has 4 atom stereocenters. The molecule has 8 heteroatoms. The van der Waals surface area contributed by atoms with Gasteiger partial charge in [-0.05, 0) is 49.9 Å². The zero-order chi connectivity index (χ0) is 19.0. The average Bonchev–Trinajstić information content (AvgIpc) is 3.30. The van der Waals surface area contributed by atoms with Gasteiger partial charge < -0.3 is 4.42 Å². The molecule has 3 fully saturated rings. The molecule has 3 aliphatic rings. The third-order valence-corrected chi connectivity index (χ3v) is 7.51. The van der Waals surface area contributed by atoms with Crippen molar-refractivity contribution in [2.75, 3.05) is 25.4 Å². The van der Waals surface area contributed by atoms with Gasteiger partial charge in [0.15, 0.2) is 5.76 Å². The van der Waals surface area contributed by atoms with Gasteiger partial charge in [0.25, 0.3) is 0 Å². The van der Waals surface area contributed by atoms with Crippen molar-refractivity contribution in [3.63, 3.8) is 0 Å². The van der Waals surface area contributed by atoms with Crippen LogP contribution in [0.2, 0.25) is 0 Å². The van der Waals surface area contributed by atoms with E-state index in [4.69, 9.17) is 4.42 Å². The Hall–Kier alpha value is -1.64. The predicted octanol–water partition coefficient (Wildman–Crippen LogP) is 2.19. The van der Waals surface area contributed by atoms with Crippen molar-refractivity contribution in [1.29, 1.82) is 0 Å². The highest BCUT2D eigenvalue weighted by molar-refractivity contribution is 7.89. The molecule has 0 radical (unpaired) electrons. The van der Waals surface area contributed by atoms with Crippen LogP contribution >= 0.6 is 0 Å². The van der Waals surface area contributed by atoms with Gasteiger partial charge in [-0.1, -0.05) is 6.92 Å². The summed E-state index contributed by atoms with van der Waals surface area (Å²) >= 11 is 0. The van der Waals surface area contributed by atoms with Gasteiger partial charge in [-0.3, -0.25) is 9.58 Å². The molecule has 3 aliphatic heterocycles. The van der Waals surface area contributed by atoms with E-state index in [9.17, 15) is 8.42 Å². The Labute approximate surface area is 160 Å². The van der Waals surface area contributed by atoms with Crippen molar-refractivity contribution in [3.8, 4) is 11.5 Å². The lowest BCUT2D eigenvalue weighted by Gasteiger charge is -2.49. The van der Waals surface area contributed by atoms with Crippen LogP contribution in [0.3, 0.4) is 0 Å². The molecule has 3 saturated heterocycles. The second-order valence-electron chi connectivity index (χ2n) is 7.76. The molecule has 27 heavy (non-hydrogen) atoms. The number of aromatic nitrogens is 2. The average molecular weight is 393 g/mol. The topological polar surface area (TPSA) is 80.4 Å². The van der Waals surface area contributed by atoms with E-state index in [-0.39, 0.29) is 5.75 Å². The lowest BCUT2D eigenvalue weighted by Crippen LogP contribution is -2.56. The van der Waals surface area contributed by atoms with Gasteiger partial charge >= 0.3 is 0 Å². The molecule has 1 N–H and O–H groups in total. The number of aryl methyl sites for hydroxylation is 1. The number of hydrogen-bond donors (Lipinski definition) is 1. The molecule has 5 rings (SSSR count). The Morgan fingerprint density at radius 3 is 2.93 bits per heavy atom. The second kappa shape index (κ2) is 7.41. The number of fused-ring (bicyclic) bond motifs is 3. The number of piperidine rings is 3. The van der Waals surface area contributed by atoms with Crippen LogP contribution in [0.4, 0.5) is 0 Å². The Morgan fingerprint density at radius 1 is 1.41 bits per heavy atom. The first-order valence-electron chi connectivity index (χ1n) is 9.76. The summed E-state index contributed by atoms with van der Waals surface area (Å²) < 4.78 is 34.2. The Kier molecular flexibility index (Phi) is 5.13. The van der Waals surface area contributed by atoms with Crippen molar-refractivity contribution in [2.45, 2.75) is 38.1 Å². The highest BCUT2D eigenvalue weighted by Gasteiger charge is 2.42. The SMILES string of the molecule is CCCS(=O)(=O)NC[C@H]1C[C@H]2CCN1C[C@@H]2c1cc(-c2ccco2)nn1C. The number of sulfonamides is 1. The monoisotopic (exact) mass is 392 g/mol. The molecule has 5 heterocycles. The first kappa shape index (κ1) is 18.7. The van der Waals surface area contributed by atoms with Crippen LogP contribution in [0.1, 0.15) is 37.8 Å². The van der Waals surface area contributed by atoms with Crippen molar-refractivity contribution >= 4 is 10.0 Å². The maximum atomic E-state index is 12.0. The highest BCUT2D eigenvalue weighted by Crippen LogP contribution is 2.42. The third kappa shape index (κ3) is 3.83. The molecule has 0 aromatic carbocycles. The van der Waals surface area contributed by atoms with E-state index in [0.29, 0.717) is 30.8 Å². The summed E-state index contributed by atoms with van der Waals surface area (Å²) in [7, 11) is -1.15. The van der Waals surface area contributed by atoms with Crippen LogP contribution in [-0.2, 0) is 17.1 Å². The first-order valence-corrected chi connectivity index (χ1v) is 11.4. The van der Waals surface area contributed by atoms with Gasteiger partial charge in [-0.25, -0.2) is 13.1 Å². The quantitative estimate of drug-likeness (QED) is 0.781. The van der Waals surface area contributed by atoms with Crippen molar-refractivity contribution in [2.24, 2.45) is 13.0 Å². The van der Waals surface area contributed by atoms with E-state index in [2.05, 4.69) is 20.8 Å². The number of rotatable bonds is 7. The summed E-state index contributed by atoms with van der Waals surface area (Å²) in [6.07, 6.45) is 4.50. The van der Waals surface area contributed by atoms with Crippen LogP contribution in [0, 0.1) is 5.92 Å². The molecule has 0 aliphatic carbocycles. The zero-order valence-corrected chi connectivity index (χ0v) is 16.8. The van der Waals surface area contributed by atoms with Crippen LogP contribution in [0.5, 0.6) is 0 Å². The number of furan rings is 1. The summed E-state index contributed by atoms with van der Waals surface area (Å²) in [5.41, 5.74) is 2.11. The summed E-state index contributed by atoms with van der Waals surface area (Å²) in [5.74, 6) is 2.00. The summed E-state index contributed by atoms with van der Waals surface area (Å²) in [6.45, 7) is 4.42. The lowest BCUT2D eigenvalue weighted by molar-refractivity contribution is 0.0306. The normalized spacial score (nSPS) is 27.9. The van der Waals surface area contributed by atoms with Crippen LogP contribution in [0.15, 0.2) is 28.9 Å². The molecule has 2 aromatic rings. The molecule has 0 spiro atoms. The maximum Gasteiger partial charge on any atom is 0.211 e. The van der Waals surface area contributed by atoms with Gasteiger partial charge in [0.2, 0.25) is 10.0 Å². The molecular formula is C19H28N4O3S. The predicted molar refractivity (Wildman–Crippen MR) is 104 cm³/mol. The van der Waals surface area contributed by atoms with Crippen LogP contribution < -0.4 is 4.72 Å². The summed E-state index contributed by atoms with van der Waals surface area (Å²) in [5, 5.41) is 4.63. The zero-order valence-electron chi connectivity index (χ0n) is 16.0. The van der Waals surface area contributed by atoms with Crippen molar-refractivity contribution in [1.82, 2.24) is 19.4 Å². The molecule has 2 aromatic heterocycles. The standard InChI is InChI=1S/C19H28N4O3S/c1-3-9-27(24,25)20-12-15-10-14-6-7-23(15)13-16(14)18-11-17(21-22(18)2)19-5-4-8-26-19/h4-5,8,11,14-16,20H,3,6-7,9-10,12-13H2,1-2H3/t14-,15-,16+/m1/s1. The highest BCUT2D eigenvalue weighted by atomic mass is 32.2. The fourth-order valence-corrected chi connectivity index (χ4v) is 5.75. The molecule has 1 unspecified atom stereocenters. The largest absolute Gasteiger partial charge is 0.463 e. The number of nitrogens with zero attached hydrogens (tertiary/aromatic N) is 3. The van der Waals surface area contributed by atoms with Crippen LogP contribution in [-0.4, -0.2) is 54.5 Å². The number of nitrogens with one attached hydrogen (secondary N) is 1. The van der Waals surface area contributed by atoms with E-state index in [1.54, 1.807) is 6.26 Å². The summed E-state index contributed by atoms with van der Waals surface area (Å²) in [4.78, 5) is 2.44. The lowest BCUT2D eigenvalue weighted by atomic mass is 9.74. The molecule has 148 valence electrons. The minimum absolute atomic E-state index is 0.205. The van der Waals surface area contributed by atoms with E-state index in [1.165, 1.54) is 5.69 Å². The van der Waals surface area contributed by atoms with E-state index in [0.717, 1.165) is 37.4 Å². The molecule has 2 bridgehead atoms. The van der Waals surface area contributed by atoms with E-state index >= 15 is 0 Å². The molecule has 0 saturated carbocycles. The minimum Gasteiger partial charge on any atom is -0.463 e. The van der Waals surface area contributed by atoms with Crippen molar-refractivity contribution < 1.29 is 12.8 Å². The molecular weight excluding hydrogens is 364 g/mol. The van der Waals surface area contributed by atoms with Crippen LogP contribution in [0.25, 0.3) is 11.5 Å². The minimum atomic E-state index is -3.14. The fourth-order valence-electron chi connectivity index (χ4n) is 4.62. The second-order valence-corrected chi connectivity index (χ2v) is 9.69. The smallest absolute Gasteiger partial charge is 0.211 e. The van der Waals surface area contributed by atoms with Gasteiger partial charge in [0, 0.05) is 37.8 Å². The Morgan fingerprint density at radius 2 is 2.26 bits per heavy atom. The molecule has 7 nitrogen and oxygen atoms in total. The third-order valence-electron chi connectivity index (χ3n) is 5.96. The Balaban J connectivity index is 1.45. The first-order chi connectivity index (χ1) is 13.0. The fraction of sp³-hybridized carbons (Fsp3) is 0.632. The molecule has 0 amide bonds. The van der Waals surface area contributed by atoms with Crippen molar-refractivity contribution in [3.05, 3.63) is 30.2 Å². The number of hydrogen-bond acceptors (Lipinski definition) is 5. The van der Waals surface area contributed by atoms with Gasteiger partial charge in [-0.15, -0.1) is 0 Å². The van der Waals surface area contributed by atoms with E-state index < -0.39 is 10.0 Å². The van der Waals surface area contributed by atoms with Gasteiger partial charge in [-0.2, -0.15) is 5.10 Å². The van der Waals surface area contributed by atoms with E-state index in [1.807, 2.05) is 30.8 Å².